The van der Waals surface area contributed by atoms with E-state index in [0.717, 1.165) is 25.3 Å². The first kappa shape index (κ1) is 9.89. The minimum absolute atomic E-state index is 0.213. The lowest BCUT2D eigenvalue weighted by molar-refractivity contribution is 0.404. The molecule has 2 aliphatic heterocycles. The minimum Gasteiger partial charge on any atom is -0.380 e. The molecule has 1 fully saturated rings. The summed E-state index contributed by atoms with van der Waals surface area (Å²) in [5.41, 5.74) is 2.33. The van der Waals surface area contributed by atoms with E-state index in [1.165, 1.54) is 5.69 Å². The van der Waals surface area contributed by atoms with Crippen molar-refractivity contribution in [1.29, 1.82) is 0 Å². The Morgan fingerprint density at radius 3 is 2.62 bits per heavy atom. The first-order valence-electron chi connectivity index (χ1n) is 5.74. The minimum atomic E-state index is 0.213. The topological polar surface area (TPSA) is 60.1 Å². The highest BCUT2D eigenvalue weighted by Gasteiger charge is 2.20. The Morgan fingerprint density at radius 1 is 1.06 bits per heavy atom. The zero-order valence-electron chi connectivity index (χ0n) is 9.09. The molecule has 2 heterocycles. The number of fused-ring (bicyclic) bond motifs is 1. The van der Waals surface area contributed by atoms with Gasteiger partial charge in [-0.15, -0.1) is 0 Å². The highest BCUT2D eigenvalue weighted by molar-refractivity contribution is 5.70. The molecule has 1 saturated heterocycles. The summed E-state index contributed by atoms with van der Waals surface area (Å²) in [5, 5.41) is 17.0. The van der Waals surface area contributed by atoms with Crippen LogP contribution in [0.5, 0.6) is 0 Å². The second-order valence-electron chi connectivity index (χ2n) is 4.13. The normalized spacial score (nSPS) is 24.6. The maximum Gasteiger partial charge on any atom is 0.113 e. The molecule has 0 bridgehead atoms. The van der Waals surface area contributed by atoms with Gasteiger partial charge in [0.2, 0.25) is 0 Å². The van der Waals surface area contributed by atoms with Crippen LogP contribution in [-0.4, -0.2) is 32.1 Å². The zero-order valence-corrected chi connectivity index (χ0v) is 9.09. The number of para-hydroxylation sites is 2. The van der Waals surface area contributed by atoms with E-state index in [0.29, 0.717) is 0 Å². The van der Waals surface area contributed by atoms with Gasteiger partial charge >= 0.3 is 0 Å². The summed E-state index contributed by atoms with van der Waals surface area (Å²) < 4.78 is 0. The van der Waals surface area contributed by atoms with Gasteiger partial charge in [-0.3, -0.25) is 16.0 Å². The standard InChI is InChI=1S/C11H17N5/c1-2-4-9-8(3-1)14-7-10(15-9)16-11-12-5-6-13-11/h1-4,10-16H,5-7H2. The van der Waals surface area contributed by atoms with Crippen molar-refractivity contribution in [2.75, 3.05) is 30.3 Å². The van der Waals surface area contributed by atoms with Gasteiger partial charge in [0.25, 0.3) is 0 Å². The molecule has 1 atom stereocenters. The smallest absolute Gasteiger partial charge is 0.113 e. The highest BCUT2D eigenvalue weighted by Crippen LogP contribution is 2.24. The second-order valence-corrected chi connectivity index (χ2v) is 4.13. The van der Waals surface area contributed by atoms with Gasteiger partial charge in [-0.25, -0.2) is 0 Å². The van der Waals surface area contributed by atoms with Crippen LogP contribution in [0.15, 0.2) is 24.3 Å². The molecule has 1 aromatic carbocycles. The van der Waals surface area contributed by atoms with Crippen LogP contribution in [0.3, 0.4) is 0 Å². The van der Waals surface area contributed by atoms with Gasteiger partial charge in [-0.2, -0.15) is 0 Å². The maximum absolute atomic E-state index is 3.47. The van der Waals surface area contributed by atoms with Gasteiger partial charge < -0.3 is 10.6 Å². The Morgan fingerprint density at radius 2 is 1.81 bits per heavy atom. The molecule has 1 unspecified atom stereocenters. The molecule has 86 valence electrons. The van der Waals surface area contributed by atoms with E-state index in [9.17, 15) is 0 Å². The maximum atomic E-state index is 3.47. The number of benzene rings is 1. The monoisotopic (exact) mass is 219 g/mol. The SMILES string of the molecule is c1ccc2c(c1)NCC(NC1NCCN1)N2. The fourth-order valence-corrected chi connectivity index (χ4v) is 2.14. The molecule has 5 N–H and O–H groups in total. The number of anilines is 2. The third kappa shape index (κ3) is 1.97. The third-order valence-electron chi connectivity index (χ3n) is 2.94. The van der Waals surface area contributed by atoms with Gasteiger partial charge in [0.1, 0.15) is 6.29 Å². The predicted octanol–water partition coefficient (Wildman–Crippen LogP) is -0.0839. The predicted molar refractivity (Wildman–Crippen MR) is 65.3 cm³/mol. The Hall–Kier alpha value is -1.30. The van der Waals surface area contributed by atoms with Crippen LogP contribution >= 0.6 is 0 Å². The number of rotatable bonds is 2. The molecule has 5 heteroatoms. The molecule has 0 saturated carbocycles. The lowest BCUT2D eigenvalue weighted by atomic mass is 10.2. The molecule has 0 spiro atoms. The van der Waals surface area contributed by atoms with E-state index in [2.05, 4.69) is 38.7 Å². The summed E-state index contributed by atoms with van der Waals surface area (Å²) in [6.45, 7) is 2.93. The van der Waals surface area contributed by atoms with Crippen LogP contribution in [0.4, 0.5) is 11.4 Å². The molecule has 0 aliphatic carbocycles. The molecule has 0 radical (unpaired) electrons. The lowest BCUT2D eigenvalue weighted by Gasteiger charge is -2.31. The highest BCUT2D eigenvalue weighted by atomic mass is 15.4. The molecule has 2 aliphatic rings. The zero-order chi connectivity index (χ0) is 10.8. The second kappa shape index (κ2) is 4.29. The van der Waals surface area contributed by atoms with Crippen molar-refractivity contribution in [2.24, 2.45) is 0 Å². The van der Waals surface area contributed by atoms with Crippen molar-refractivity contribution in [1.82, 2.24) is 16.0 Å². The van der Waals surface area contributed by atoms with Gasteiger partial charge in [0.15, 0.2) is 0 Å². The largest absolute Gasteiger partial charge is 0.380 e. The van der Waals surface area contributed by atoms with Crippen molar-refractivity contribution in [2.45, 2.75) is 12.5 Å². The first-order chi connectivity index (χ1) is 7.92. The van der Waals surface area contributed by atoms with Crippen molar-refractivity contribution in [3.8, 4) is 0 Å². The van der Waals surface area contributed by atoms with E-state index >= 15 is 0 Å². The van der Waals surface area contributed by atoms with E-state index in [4.69, 9.17) is 0 Å². The summed E-state index contributed by atoms with van der Waals surface area (Å²) in [7, 11) is 0. The number of hydrogen-bond donors (Lipinski definition) is 5. The van der Waals surface area contributed by atoms with E-state index < -0.39 is 0 Å². The summed E-state index contributed by atoms with van der Waals surface area (Å²) >= 11 is 0. The Labute approximate surface area is 95.0 Å². The van der Waals surface area contributed by atoms with Crippen molar-refractivity contribution in [3.63, 3.8) is 0 Å². The lowest BCUT2D eigenvalue weighted by Crippen LogP contribution is -2.55. The molecule has 16 heavy (non-hydrogen) atoms. The van der Waals surface area contributed by atoms with Crippen molar-refractivity contribution >= 4 is 11.4 Å². The van der Waals surface area contributed by atoms with Gasteiger partial charge in [-0.05, 0) is 12.1 Å². The fraction of sp³-hybridized carbons (Fsp3) is 0.455. The van der Waals surface area contributed by atoms with E-state index in [-0.39, 0.29) is 12.5 Å². The molecule has 0 aromatic heterocycles. The third-order valence-corrected chi connectivity index (χ3v) is 2.94. The van der Waals surface area contributed by atoms with Gasteiger partial charge in [0.05, 0.1) is 17.5 Å². The van der Waals surface area contributed by atoms with Gasteiger partial charge in [-0.1, -0.05) is 12.1 Å². The molecular weight excluding hydrogens is 202 g/mol. The first-order valence-corrected chi connectivity index (χ1v) is 5.74. The van der Waals surface area contributed by atoms with Crippen LogP contribution in [-0.2, 0) is 0 Å². The Balaban J connectivity index is 1.63. The Kier molecular flexibility index (Phi) is 2.65. The summed E-state index contributed by atoms with van der Waals surface area (Å²) in [5.74, 6) is 0. The van der Waals surface area contributed by atoms with Crippen LogP contribution < -0.4 is 26.6 Å². The summed E-state index contributed by atoms with van der Waals surface area (Å²) in [6.07, 6.45) is 0.461. The summed E-state index contributed by atoms with van der Waals surface area (Å²) in [6, 6.07) is 8.26. The summed E-state index contributed by atoms with van der Waals surface area (Å²) in [4.78, 5) is 0. The van der Waals surface area contributed by atoms with E-state index in [1.807, 2.05) is 12.1 Å². The molecule has 1 aromatic rings. The van der Waals surface area contributed by atoms with Crippen molar-refractivity contribution < 1.29 is 0 Å². The molecule has 5 nitrogen and oxygen atoms in total. The Bertz CT molecular complexity index is 361. The average Bonchev–Trinajstić information content (AvgIpc) is 2.82. The molecule has 0 amide bonds. The number of nitrogens with one attached hydrogen (secondary N) is 5. The van der Waals surface area contributed by atoms with Crippen LogP contribution in [0.1, 0.15) is 0 Å². The van der Waals surface area contributed by atoms with Crippen molar-refractivity contribution in [3.05, 3.63) is 24.3 Å². The molecule has 3 rings (SSSR count). The van der Waals surface area contributed by atoms with Gasteiger partial charge in [0, 0.05) is 19.6 Å². The fourth-order valence-electron chi connectivity index (χ4n) is 2.14. The van der Waals surface area contributed by atoms with E-state index in [1.54, 1.807) is 0 Å². The quantitative estimate of drug-likeness (QED) is 0.481. The molecular formula is C11H17N5. The number of hydrogen-bond acceptors (Lipinski definition) is 5. The van der Waals surface area contributed by atoms with Crippen LogP contribution in [0.2, 0.25) is 0 Å². The van der Waals surface area contributed by atoms with Crippen LogP contribution in [0.25, 0.3) is 0 Å². The van der Waals surface area contributed by atoms with Crippen LogP contribution in [0, 0.1) is 0 Å². The average molecular weight is 219 g/mol.